The van der Waals surface area contributed by atoms with E-state index >= 15 is 0 Å². The van der Waals surface area contributed by atoms with Gasteiger partial charge in [0.25, 0.3) is 5.91 Å². The van der Waals surface area contributed by atoms with Gasteiger partial charge >= 0.3 is 6.09 Å². The molecular weight excluding hydrogens is 560 g/mol. The van der Waals surface area contributed by atoms with Gasteiger partial charge in [-0.05, 0) is 58.6 Å². The maximum atomic E-state index is 13.9. The molecule has 4 rings (SSSR count). The van der Waals surface area contributed by atoms with Gasteiger partial charge in [-0.3, -0.25) is 19.3 Å². The first-order chi connectivity index (χ1) is 20.2. The van der Waals surface area contributed by atoms with E-state index in [0.29, 0.717) is 16.6 Å². The van der Waals surface area contributed by atoms with Crippen molar-refractivity contribution in [3.8, 4) is 0 Å². The fourth-order valence-corrected chi connectivity index (χ4v) is 5.82. The number of nitrogens with one attached hydrogen (secondary N) is 1. The first-order valence-electron chi connectivity index (χ1n) is 15.0. The first kappa shape index (κ1) is 32.2. The number of carbonyl (C=O) groups is 4. The molecule has 43 heavy (non-hydrogen) atoms. The van der Waals surface area contributed by atoms with Crippen LogP contribution in [0.5, 0.6) is 0 Å². The lowest BCUT2D eigenvalue weighted by Crippen LogP contribution is -2.59. The third kappa shape index (κ3) is 7.27. The lowest BCUT2D eigenvalue weighted by Gasteiger charge is -2.39. The van der Waals surface area contributed by atoms with E-state index in [2.05, 4.69) is 5.32 Å². The molecule has 0 bridgehead atoms. The average Bonchev–Trinajstić information content (AvgIpc) is 3.28. The molecule has 2 aliphatic rings. The quantitative estimate of drug-likeness (QED) is 0.537. The minimum Gasteiger partial charge on any atom is -0.444 e. The number of hydrogen-bond donors (Lipinski definition) is 1. The molecule has 2 atom stereocenters. The van der Waals surface area contributed by atoms with Gasteiger partial charge < -0.3 is 24.4 Å². The summed E-state index contributed by atoms with van der Waals surface area (Å²) < 4.78 is 34.5. The van der Waals surface area contributed by atoms with Crippen molar-refractivity contribution in [2.24, 2.45) is 13.0 Å². The zero-order valence-electron chi connectivity index (χ0n) is 25.9. The highest BCUT2D eigenvalue weighted by Gasteiger charge is 2.38. The summed E-state index contributed by atoms with van der Waals surface area (Å²) in [6.45, 7) is 7.96. The summed E-state index contributed by atoms with van der Waals surface area (Å²) >= 11 is 0. The fourth-order valence-electron chi connectivity index (χ4n) is 5.82. The van der Waals surface area contributed by atoms with Crippen LogP contribution >= 0.6 is 0 Å². The predicted molar refractivity (Wildman–Crippen MR) is 157 cm³/mol. The van der Waals surface area contributed by atoms with Crippen molar-refractivity contribution in [2.75, 3.05) is 33.2 Å². The van der Waals surface area contributed by atoms with E-state index < -0.39 is 41.3 Å². The third-order valence-corrected chi connectivity index (χ3v) is 8.51. The van der Waals surface area contributed by atoms with Crippen molar-refractivity contribution in [3.05, 3.63) is 35.5 Å². The number of ether oxygens (including phenoxy) is 1. The highest BCUT2D eigenvalue weighted by atomic mass is 19.2. The normalized spacial score (nSPS) is 17.9. The molecule has 1 aromatic heterocycles. The summed E-state index contributed by atoms with van der Waals surface area (Å²) in [6.07, 6.45) is 4.02. The van der Waals surface area contributed by atoms with E-state index in [1.807, 2.05) is 0 Å². The van der Waals surface area contributed by atoms with E-state index in [-0.39, 0.29) is 43.9 Å². The van der Waals surface area contributed by atoms with Crippen LogP contribution in [0.4, 0.5) is 13.6 Å². The summed E-state index contributed by atoms with van der Waals surface area (Å²) in [5.41, 5.74) is -0.00116. The number of piperazine rings is 1. The molecule has 0 radical (unpaired) electrons. The molecule has 1 saturated heterocycles. The largest absolute Gasteiger partial charge is 0.444 e. The molecular formula is C31H43F2N5O5. The first-order valence-corrected chi connectivity index (χ1v) is 15.0. The molecule has 1 aromatic carbocycles. The lowest BCUT2D eigenvalue weighted by molar-refractivity contribution is -0.140. The number of carbonyl (C=O) groups excluding carboxylic acids is 4. The SMILES string of the molecule is C[C@@H](C(=O)N[C@H](C(=O)N1CCN(C(=O)c2cc3cc(F)c(F)cc3n2C)CC1)C1CCCCC1)N(C)C(=O)OC(C)(C)C. The van der Waals surface area contributed by atoms with Crippen molar-refractivity contribution < 1.29 is 32.7 Å². The molecule has 2 heterocycles. The summed E-state index contributed by atoms with van der Waals surface area (Å²) in [5.74, 6) is -2.91. The monoisotopic (exact) mass is 603 g/mol. The minimum absolute atomic E-state index is 0.0273. The summed E-state index contributed by atoms with van der Waals surface area (Å²) in [5, 5.41) is 3.38. The van der Waals surface area contributed by atoms with Gasteiger partial charge in [0.1, 0.15) is 23.4 Å². The summed E-state index contributed by atoms with van der Waals surface area (Å²) in [4.78, 5) is 57.6. The molecule has 2 aromatic rings. The Morgan fingerprint density at radius 1 is 0.953 bits per heavy atom. The van der Waals surface area contributed by atoms with Crippen LogP contribution in [0.15, 0.2) is 18.2 Å². The number of aryl methyl sites for hydroxylation is 1. The van der Waals surface area contributed by atoms with Crippen LogP contribution < -0.4 is 5.32 Å². The molecule has 2 fully saturated rings. The molecule has 0 unspecified atom stereocenters. The van der Waals surface area contributed by atoms with Crippen molar-refractivity contribution in [3.63, 3.8) is 0 Å². The Balaban J connectivity index is 1.43. The zero-order valence-corrected chi connectivity index (χ0v) is 25.9. The van der Waals surface area contributed by atoms with Gasteiger partial charge in [0.05, 0.1) is 5.52 Å². The molecule has 12 heteroatoms. The van der Waals surface area contributed by atoms with Crippen molar-refractivity contribution in [1.29, 1.82) is 0 Å². The topological polar surface area (TPSA) is 104 Å². The second kappa shape index (κ2) is 12.9. The minimum atomic E-state index is -0.981. The van der Waals surface area contributed by atoms with Gasteiger partial charge in [-0.2, -0.15) is 0 Å². The molecule has 1 aliphatic carbocycles. The molecule has 1 aliphatic heterocycles. The van der Waals surface area contributed by atoms with Gasteiger partial charge in [-0.25, -0.2) is 13.6 Å². The van der Waals surface area contributed by atoms with Gasteiger partial charge in [-0.1, -0.05) is 19.3 Å². The standard InChI is InChI=1S/C31H43F2N5O5/c1-19(35(5)30(42)43-31(2,3)4)27(39)34-26(20-10-8-7-9-11-20)29(41)38-14-12-37(13-15-38)28(40)25-17-21-16-22(32)23(33)18-24(21)36(25)6/h16-20,26H,7-15H2,1-6H3,(H,34,39)/t19-,26-/m0/s1. The van der Waals surface area contributed by atoms with Gasteiger partial charge in [0.2, 0.25) is 11.8 Å². The number of amides is 4. The van der Waals surface area contributed by atoms with E-state index in [1.165, 1.54) is 11.9 Å². The number of aromatic nitrogens is 1. The number of rotatable bonds is 6. The molecule has 10 nitrogen and oxygen atoms in total. The van der Waals surface area contributed by atoms with E-state index in [1.54, 1.807) is 55.2 Å². The van der Waals surface area contributed by atoms with Crippen LogP contribution in [-0.4, -0.2) is 94.0 Å². The van der Waals surface area contributed by atoms with E-state index in [4.69, 9.17) is 4.74 Å². The second-order valence-electron chi connectivity index (χ2n) is 12.7. The van der Waals surface area contributed by atoms with Crippen molar-refractivity contribution in [1.82, 2.24) is 24.6 Å². The molecule has 236 valence electrons. The van der Waals surface area contributed by atoms with E-state index in [9.17, 15) is 28.0 Å². The summed E-state index contributed by atoms with van der Waals surface area (Å²) in [7, 11) is 3.13. The van der Waals surface area contributed by atoms with Crippen LogP contribution in [0.1, 0.15) is 70.3 Å². The Morgan fingerprint density at radius 3 is 2.14 bits per heavy atom. The van der Waals surface area contributed by atoms with Gasteiger partial charge in [0, 0.05) is 51.7 Å². The zero-order chi connectivity index (χ0) is 31.6. The van der Waals surface area contributed by atoms with Crippen LogP contribution in [0.25, 0.3) is 10.9 Å². The number of halogens is 2. The van der Waals surface area contributed by atoms with Crippen LogP contribution in [0, 0.1) is 17.6 Å². The maximum Gasteiger partial charge on any atom is 0.410 e. The van der Waals surface area contributed by atoms with Crippen molar-refractivity contribution in [2.45, 2.75) is 77.5 Å². The number of benzene rings is 1. The number of likely N-dealkylation sites (N-methyl/N-ethyl adjacent to an activating group) is 1. The Hall–Kier alpha value is -3.70. The molecule has 1 N–H and O–H groups in total. The Kier molecular flexibility index (Phi) is 9.66. The third-order valence-electron chi connectivity index (χ3n) is 8.51. The molecule has 4 amide bonds. The fraction of sp³-hybridized carbons (Fsp3) is 0.613. The Bertz CT molecular complexity index is 1370. The smallest absolute Gasteiger partial charge is 0.410 e. The lowest BCUT2D eigenvalue weighted by atomic mass is 9.83. The highest BCUT2D eigenvalue weighted by molar-refractivity contribution is 5.99. The molecule has 1 saturated carbocycles. The van der Waals surface area contributed by atoms with E-state index in [0.717, 1.165) is 44.2 Å². The molecule has 0 spiro atoms. The van der Waals surface area contributed by atoms with Gasteiger partial charge in [0.15, 0.2) is 11.6 Å². The predicted octanol–water partition coefficient (Wildman–Crippen LogP) is 4.06. The highest BCUT2D eigenvalue weighted by Crippen LogP contribution is 2.28. The average molecular weight is 604 g/mol. The number of hydrogen-bond acceptors (Lipinski definition) is 5. The Morgan fingerprint density at radius 2 is 1.53 bits per heavy atom. The van der Waals surface area contributed by atoms with Gasteiger partial charge in [-0.15, -0.1) is 0 Å². The van der Waals surface area contributed by atoms with Crippen LogP contribution in [0.3, 0.4) is 0 Å². The summed E-state index contributed by atoms with van der Waals surface area (Å²) in [6, 6.07) is 2.09. The number of fused-ring (bicyclic) bond motifs is 1. The number of nitrogens with zero attached hydrogens (tertiary/aromatic N) is 4. The maximum absolute atomic E-state index is 13.9. The Labute approximate surface area is 251 Å². The van der Waals surface area contributed by atoms with Crippen LogP contribution in [0.2, 0.25) is 0 Å². The van der Waals surface area contributed by atoms with Crippen LogP contribution in [-0.2, 0) is 21.4 Å². The second-order valence-corrected chi connectivity index (χ2v) is 12.7. The van der Waals surface area contributed by atoms with Crippen molar-refractivity contribution >= 4 is 34.7 Å².